The summed E-state index contributed by atoms with van der Waals surface area (Å²) in [6, 6.07) is 16.7. The molecule has 0 aliphatic carbocycles. The summed E-state index contributed by atoms with van der Waals surface area (Å²) in [4.78, 5) is 20.9. The molecule has 0 spiro atoms. The standard InChI is InChI=1S/C19H14BrN3O2S/c20-15-16-18(26-17(15)11-5-2-1-3-6-11)19(25)23-14(22-16)10-21-12-7-4-8-13(24)9-12/h1-9,21,24H,10H2,(H,22,23,25). The maximum atomic E-state index is 12.5. The van der Waals surface area contributed by atoms with E-state index in [1.165, 1.54) is 11.3 Å². The van der Waals surface area contributed by atoms with E-state index < -0.39 is 0 Å². The van der Waals surface area contributed by atoms with Crippen LogP contribution in [0.15, 0.2) is 63.9 Å². The van der Waals surface area contributed by atoms with Crippen LogP contribution in [0.2, 0.25) is 0 Å². The molecule has 0 atom stereocenters. The predicted octanol–water partition coefficient (Wildman–Crippen LogP) is 4.73. The van der Waals surface area contributed by atoms with Crippen molar-refractivity contribution >= 4 is 43.2 Å². The van der Waals surface area contributed by atoms with Crippen LogP contribution in [0.25, 0.3) is 20.7 Å². The normalized spacial score (nSPS) is 11.0. The monoisotopic (exact) mass is 427 g/mol. The quantitative estimate of drug-likeness (QED) is 0.439. The molecule has 0 bridgehead atoms. The number of anilines is 1. The van der Waals surface area contributed by atoms with Crippen molar-refractivity contribution in [3.63, 3.8) is 0 Å². The van der Waals surface area contributed by atoms with E-state index in [4.69, 9.17) is 0 Å². The smallest absolute Gasteiger partial charge is 0.268 e. The Kier molecular flexibility index (Phi) is 4.48. The van der Waals surface area contributed by atoms with E-state index in [2.05, 4.69) is 31.2 Å². The summed E-state index contributed by atoms with van der Waals surface area (Å²) in [5.74, 6) is 0.712. The highest BCUT2D eigenvalue weighted by atomic mass is 79.9. The van der Waals surface area contributed by atoms with Gasteiger partial charge in [0.2, 0.25) is 0 Å². The summed E-state index contributed by atoms with van der Waals surface area (Å²) in [6.07, 6.45) is 0. The number of hydrogen-bond acceptors (Lipinski definition) is 5. The SMILES string of the molecule is O=c1[nH]c(CNc2cccc(O)c2)nc2c(Br)c(-c3ccccc3)sc12. The first kappa shape index (κ1) is 16.8. The van der Waals surface area contributed by atoms with Gasteiger partial charge < -0.3 is 15.4 Å². The van der Waals surface area contributed by atoms with E-state index in [-0.39, 0.29) is 11.3 Å². The first-order chi connectivity index (χ1) is 12.6. The van der Waals surface area contributed by atoms with Gasteiger partial charge in [0.05, 0.1) is 15.9 Å². The third kappa shape index (κ3) is 3.23. The molecule has 0 saturated carbocycles. The lowest BCUT2D eigenvalue weighted by Gasteiger charge is -2.06. The molecular weight excluding hydrogens is 414 g/mol. The van der Waals surface area contributed by atoms with Crippen LogP contribution in [0, 0.1) is 0 Å². The Morgan fingerprint density at radius 3 is 2.73 bits per heavy atom. The summed E-state index contributed by atoms with van der Waals surface area (Å²) in [7, 11) is 0. The van der Waals surface area contributed by atoms with Gasteiger partial charge in [-0.2, -0.15) is 0 Å². The average Bonchev–Trinajstić information content (AvgIpc) is 2.98. The lowest BCUT2D eigenvalue weighted by molar-refractivity contribution is 0.475. The van der Waals surface area contributed by atoms with Crippen LogP contribution >= 0.6 is 27.3 Å². The second-order valence-electron chi connectivity index (χ2n) is 5.71. The number of halogens is 1. The number of aromatic hydroxyl groups is 1. The van der Waals surface area contributed by atoms with Crippen LogP contribution < -0.4 is 10.9 Å². The van der Waals surface area contributed by atoms with Gasteiger partial charge in [0.15, 0.2) is 0 Å². The number of phenolic OH excluding ortho intramolecular Hbond substituents is 1. The second kappa shape index (κ2) is 6.93. The van der Waals surface area contributed by atoms with Crippen molar-refractivity contribution in [1.29, 1.82) is 0 Å². The Morgan fingerprint density at radius 2 is 1.96 bits per heavy atom. The average molecular weight is 428 g/mol. The minimum absolute atomic E-state index is 0.157. The van der Waals surface area contributed by atoms with Gasteiger partial charge in [0.1, 0.15) is 21.8 Å². The summed E-state index contributed by atoms with van der Waals surface area (Å²) >= 11 is 5.03. The van der Waals surface area contributed by atoms with Crippen molar-refractivity contribution in [2.24, 2.45) is 0 Å². The summed E-state index contributed by atoms with van der Waals surface area (Å²) < 4.78 is 1.42. The summed E-state index contributed by atoms with van der Waals surface area (Å²) in [5.41, 5.74) is 2.30. The van der Waals surface area contributed by atoms with E-state index in [0.717, 1.165) is 20.6 Å². The van der Waals surface area contributed by atoms with Crippen molar-refractivity contribution in [1.82, 2.24) is 9.97 Å². The maximum absolute atomic E-state index is 12.5. The molecule has 4 aromatic rings. The van der Waals surface area contributed by atoms with Crippen molar-refractivity contribution in [3.8, 4) is 16.2 Å². The minimum atomic E-state index is -0.157. The minimum Gasteiger partial charge on any atom is -0.508 e. The molecule has 0 unspecified atom stereocenters. The van der Waals surface area contributed by atoms with Crippen molar-refractivity contribution in [2.45, 2.75) is 6.54 Å². The van der Waals surface area contributed by atoms with Crippen LogP contribution in [0.1, 0.15) is 5.82 Å². The van der Waals surface area contributed by atoms with E-state index >= 15 is 0 Å². The van der Waals surface area contributed by atoms with Gasteiger partial charge in [-0.05, 0) is 33.6 Å². The van der Waals surface area contributed by atoms with Crippen LogP contribution in [0.3, 0.4) is 0 Å². The van der Waals surface area contributed by atoms with Gasteiger partial charge in [-0.1, -0.05) is 36.4 Å². The number of H-pyrrole nitrogens is 1. The van der Waals surface area contributed by atoms with Gasteiger partial charge in [-0.3, -0.25) is 4.79 Å². The molecule has 130 valence electrons. The van der Waals surface area contributed by atoms with Crippen molar-refractivity contribution in [2.75, 3.05) is 5.32 Å². The fourth-order valence-corrected chi connectivity index (χ4v) is 4.59. The predicted molar refractivity (Wildman–Crippen MR) is 109 cm³/mol. The maximum Gasteiger partial charge on any atom is 0.268 e. The molecule has 0 aliphatic rings. The number of fused-ring (bicyclic) bond motifs is 1. The molecule has 0 aliphatic heterocycles. The zero-order valence-corrected chi connectivity index (χ0v) is 15.9. The van der Waals surface area contributed by atoms with E-state index in [0.29, 0.717) is 22.6 Å². The Hall–Kier alpha value is -2.64. The number of aromatic nitrogens is 2. The van der Waals surface area contributed by atoms with Gasteiger partial charge >= 0.3 is 0 Å². The fraction of sp³-hybridized carbons (Fsp3) is 0.0526. The Morgan fingerprint density at radius 1 is 1.15 bits per heavy atom. The van der Waals surface area contributed by atoms with Crippen LogP contribution in [0.4, 0.5) is 5.69 Å². The van der Waals surface area contributed by atoms with Crippen LogP contribution in [0.5, 0.6) is 5.75 Å². The Labute approximate surface area is 161 Å². The van der Waals surface area contributed by atoms with Gasteiger partial charge in [0.25, 0.3) is 5.56 Å². The largest absolute Gasteiger partial charge is 0.508 e. The third-order valence-electron chi connectivity index (χ3n) is 3.88. The molecule has 26 heavy (non-hydrogen) atoms. The molecule has 7 heteroatoms. The van der Waals surface area contributed by atoms with Gasteiger partial charge in [-0.25, -0.2) is 4.98 Å². The number of aromatic amines is 1. The molecule has 0 fully saturated rings. The zero-order valence-electron chi connectivity index (χ0n) is 13.5. The lowest BCUT2D eigenvalue weighted by atomic mass is 10.2. The molecule has 4 rings (SSSR count). The molecule has 0 amide bonds. The number of nitrogens with one attached hydrogen (secondary N) is 2. The Bertz CT molecular complexity index is 1140. The molecule has 2 heterocycles. The van der Waals surface area contributed by atoms with Crippen LogP contribution in [-0.4, -0.2) is 15.1 Å². The van der Waals surface area contributed by atoms with Crippen LogP contribution in [-0.2, 0) is 6.54 Å². The topological polar surface area (TPSA) is 78.0 Å². The first-order valence-electron chi connectivity index (χ1n) is 7.91. The number of rotatable bonds is 4. The highest BCUT2D eigenvalue weighted by molar-refractivity contribution is 9.10. The third-order valence-corrected chi connectivity index (χ3v) is 6.14. The summed E-state index contributed by atoms with van der Waals surface area (Å²) in [5, 5.41) is 12.7. The first-order valence-corrected chi connectivity index (χ1v) is 9.52. The van der Waals surface area contributed by atoms with E-state index in [1.54, 1.807) is 18.2 Å². The zero-order chi connectivity index (χ0) is 18.1. The fourth-order valence-electron chi connectivity index (χ4n) is 2.67. The number of nitrogens with zero attached hydrogens (tertiary/aromatic N) is 1. The molecule has 3 N–H and O–H groups in total. The summed E-state index contributed by atoms with van der Waals surface area (Å²) in [6.45, 7) is 0.345. The van der Waals surface area contributed by atoms with Crippen molar-refractivity contribution in [3.05, 3.63) is 75.2 Å². The second-order valence-corrected chi connectivity index (χ2v) is 7.52. The highest BCUT2D eigenvalue weighted by Gasteiger charge is 2.16. The molecule has 0 saturated heterocycles. The van der Waals surface area contributed by atoms with E-state index in [1.807, 2.05) is 36.4 Å². The molecule has 5 nitrogen and oxygen atoms in total. The van der Waals surface area contributed by atoms with E-state index in [9.17, 15) is 9.90 Å². The molecule has 0 radical (unpaired) electrons. The lowest BCUT2D eigenvalue weighted by Crippen LogP contribution is -2.13. The number of benzene rings is 2. The van der Waals surface area contributed by atoms with Gasteiger partial charge in [0, 0.05) is 11.8 Å². The number of thiophene rings is 1. The number of hydrogen-bond donors (Lipinski definition) is 3. The highest BCUT2D eigenvalue weighted by Crippen LogP contribution is 2.39. The molecular formula is C19H14BrN3O2S. The molecule has 2 aromatic heterocycles. The molecule has 2 aromatic carbocycles. The van der Waals surface area contributed by atoms with Crippen molar-refractivity contribution < 1.29 is 5.11 Å². The van der Waals surface area contributed by atoms with Gasteiger partial charge in [-0.15, -0.1) is 11.3 Å². The number of phenols is 1. The Balaban J connectivity index is 1.70.